The SMILES string of the molecule is Cc1c(SC(F)F)cnn1C. The van der Waals surface area contributed by atoms with Gasteiger partial charge in [-0.25, -0.2) is 0 Å². The topological polar surface area (TPSA) is 17.8 Å². The smallest absolute Gasteiger partial charge is 0.272 e. The van der Waals surface area contributed by atoms with Gasteiger partial charge >= 0.3 is 0 Å². The zero-order chi connectivity index (χ0) is 8.43. The van der Waals surface area contributed by atoms with Crippen molar-refractivity contribution in [3.8, 4) is 0 Å². The molecule has 0 fully saturated rings. The number of rotatable bonds is 2. The van der Waals surface area contributed by atoms with E-state index in [0.29, 0.717) is 16.7 Å². The molecular formula is C6H8F2N2S. The van der Waals surface area contributed by atoms with Gasteiger partial charge in [-0.3, -0.25) is 4.68 Å². The van der Waals surface area contributed by atoms with Crippen molar-refractivity contribution in [1.29, 1.82) is 0 Å². The van der Waals surface area contributed by atoms with Crippen molar-refractivity contribution in [1.82, 2.24) is 9.78 Å². The molecule has 0 aliphatic heterocycles. The molecule has 1 rings (SSSR count). The van der Waals surface area contributed by atoms with Crippen molar-refractivity contribution < 1.29 is 8.78 Å². The maximum atomic E-state index is 11.8. The summed E-state index contributed by atoms with van der Waals surface area (Å²) >= 11 is 0.529. The van der Waals surface area contributed by atoms with Crippen LogP contribution in [-0.4, -0.2) is 15.5 Å². The first-order valence-electron chi connectivity index (χ1n) is 3.04. The minimum absolute atomic E-state index is 0.529. The average molecular weight is 178 g/mol. The first-order valence-corrected chi connectivity index (χ1v) is 3.92. The van der Waals surface area contributed by atoms with Crippen molar-refractivity contribution >= 4 is 11.8 Å². The molecule has 0 unspecified atom stereocenters. The molecule has 0 saturated carbocycles. The Morgan fingerprint density at radius 2 is 2.27 bits per heavy atom. The van der Waals surface area contributed by atoms with Gasteiger partial charge < -0.3 is 0 Å². The van der Waals surface area contributed by atoms with Crippen LogP contribution in [0.15, 0.2) is 11.1 Å². The molecule has 0 bridgehead atoms. The van der Waals surface area contributed by atoms with Crippen molar-refractivity contribution in [3.05, 3.63) is 11.9 Å². The molecule has 0 N–H and O–H groups in total. The summed E-state index contributed by atoms with van der Waals surface area (Å²) in [6.07, 6.45) is 1.45. The third-order valence-electron chi connectivity index (χ3n) is 1.41. The van der Waals surface area contributed by atoms with Crippen LogP contribution in [0, 0.1) is 6.92 Å². The van der Waals surface area contributed by atoms with E-state index >= 15 is 0 Å². The van der Waals surface area contributed by atoms with Gasteiger partial charge in [0.2, 0.25) is 0 Å². The summed E-state index contributed by atoms with van der Waals surface area (Å²) in [5.41, 5.74) is 0.773. The molecule has 2 nitrogen and oxygen atoms in total. The number of aryl methyl sites for hydroxylation is 1. The Morgan fingerprint density at radius 1 is 1.64 bits per heavy atom. The Hall–Kier alpha value is -0.580. The Labute approximate surface area is 67.6 Å². The molecule has 1 heterocycles. The Bertz CT molecular complexity index is 247. The second-order valence-corrected chi connectivity index (χ2v) is 3.13. The number of halogens is 2. The zero-order valence-electron chi connectivity index (χ0n) is 6.21. The van der Waals surface area contributed by atoms with Gasteiger partial charge in [0, 0.05) is 12.7 Å². The molecule has 0 atom stereocenters. The van der Waals surface area contributed by atoms with E-state index in [-0.39, 0.29) is 0 Å². The Kier molecular flexibility index (Phi) is 2.49. The van der Waals surface area contributed by atoms with Gasteiger partial charge in [-0.05, 0) is 6.92 Å². The Balaban J connectivity index is 2.79. The largest absolute Gasteiger partial charge is 0.289 e. The van der Waals surface area contributed by atoms with Crippen LogP contribution in [0.5, 0.6) is 0 Å². The molecule has 62 valence electrons. The second kappa shape index (κ2) is 3.21. The summed E-state index contributed by atoms with van der Waals surface area (Å²) in [5.74, 6) is -2.36. The predicted octanol–water partition coefficient (Wildman–Crippen LogP) is 2.04. The molecule has 5 heteroatoms. The third-order valence-corrected chi connectivity index (χ3v) is 2.24. The molecule has 1 aromatic heterocycles. The summed E-state index contributed by atoms with van der Waals surface area (Å²) in [5, 5.41) is 3.83. The van der Waals surface area contributed by atoms with E-state index in [0.717, 1.165) is 5.69 Å². The molecule has 0 radical (unpaired) electrons. The minimum Gasteiger partial charge on any atom is -0.272 e. The van der Waals surface area contributed by atoms with E-state index in [1.165, 1.54) is 6.20 Å². The first kappa shape index (κ1) is 8.52. The second-order valence-electron chi connectivity index (χ2n) is 2.10. The van der Waals surface area contributed by atoms with Crippen molar-refractivity contribution in [2.75, 3.05) is 0 Å². The van der Waals surface area contributed by atoms with Gasteiger partial charge in [0.15, 0.2) is 0 Å². The molecule has 1 aromatic rings. The van der Waals surface area contributed by atoms with Crippen LogP contribution in [-0.2, 0) is 7.05 Å². The third kappa shape index (κ3) is 1.92. The highest BCUT2D eigenvalue weighted by molar-refractivity contribution is 7.99. The number of alkyl halides is 2. The lowest BCUT2D eigenvalue weighted by molar-refractivity contribution is 0.252. The average Bonchev–Trinajstić information content (AvgIpc) is 2.18. The summed E-state index contributed by atoms with van der Waals surface area (Å²) in [4.78, 5) is 0.544. The zero-order valence-corrected chi connectivity index (χ0v) is 7.03. The number of hydrogen-bond acceptors (Lipinski definition) is 2. The van der Waals surface area contributed by atoms with E-state index in [2.05, 4.69) is 5.10 Å². The normalized spacial score (nSPS) is 11.0. The lowest BCUT2D eigenvalue weighted by Crippen LogP contribution is -1.92. The molecule has 0 spiro atoms. The van der Waals surface area contributed by atoms with E-state index in [1.54, 1.807) is 18.7 Å². The number of hydrogen-bond donors (Lipinski definition) is 0. The highest BCUT2D eigenvalue weighted by Gasteiger charge is 2.10. The van der Waals surface area contributed by atoms with Crippen LogP contribution in [0.2, 0.25) is 0 Å². The van der Waals surface area contributed by atoms with E-state index in [9.17, 15) is 8.78 Å². The van der Waals surface area contributed by atoms with Gasteiger partial charge in [-0.2, -0.15) is 13.9 Å². The standard InChI is InChI=1S/C6H8F2N2S/c1-4-5(11-6(7)8)3-9-10(4)2/h3,6H,1-2H3. The minimum atomic E-state index is -2.36. The van der Waals surface area contributed by atoms with Crippen LogP contribution in [0.1, 0.15) is 5.69 Å². The summed E-state index contributed by atoms with van der Waals surface area (Å²) < 4.78 is 25.2. The van der Waals surface area contributed by atoms with Crippen molar-refractivity contribution in [3.63, 3.8) is 0 Å². The van der Waals surface area contributed by atoms with Gasteiger partial charge in [-0.15, -0.1) is 0 Å². The van der Waals surface area contributed by atoms with Crippen molar-refractivity contribution in [2.24, 2.45) is 7.05 Å². The van der Waals surface area contributed by atoms with Gasteiger partial charge in [0.25, 0.3) is 5.76 Å². The molecule has 0 amide bonds. The fourth-order valence-electron chi connectivity index (χ4n) is 0.690. The molecule has 0 aliphatic rings. The van der Waals surface area contributed by atoms with Gasteiger partial charge in [-0.1, -0.05) is 11.8 Å². The Morgan fingerprint density at radius 3 is 2.64 bits per heavy atom. The molecular weight excluding hydrogens is 170 g/mol. The summed E-state index contributed by atoms with van der Waals surface area (Å²) in [6.45, 7) is 1.76. The number of thioether (sulfide) groups is 1. The fraction of sp³-hybridized carbons (Fsp3) is 0.500. The van der Waals surface area contributed by atoms with E-state index in [1.807, 2.05) is 0 Å². The molecule has 0 aromatic carbocycles. The predicted molar refractivity (Wildman–Crippen MR) is 39.8 cm³/mol. The molecule has 11 heavy (non-hydrogen) atoms. The van der Waals surface area contributed by atoms with Crippen LogP contribution in [0.25, 0.3) is 0 Å². The van der Waals surface area contributed by atoms with Crippen LogP contribution >= 0.6 is 11.8 Å². The highest BCUT2D eigenvalue weighted by atomic mass is 32.2. The number of nitrogens with zero attached hydrogens (tertiary/aromatic N) is 2. The van der Waals surface area contributed by atoms with Gasteiger partial charge in [0.05, 0.1) is 11.1 Å². The molecule has 0 aliphatic carbocycles. The van der Waals surface area contributed by atoms with Gasteiger partial charge in [0.1, 0.15) is 0 Å². The highest BCUT2D eigenvalue weighted by Crippen LogP contribution is 2.27. The lowest BCUT2D eigenvalue weighted by Gasteiger charge is -1.97. The molecule has 0 saturated heterocycles. The summed E-state index contributed by atoms with van der Waals surface area (Å²) in [6, 6.07) is 0. The quantitative estimate of drug-likeness (QED) is 0.645. The number of aromatic nitrogens is 2. The van der Waals surface area contributed by atoms with Crippen molar-refractivity contribution in [2.45, 2.75) is 17.6 Å². The fourth-order valence-corrected chi connectivity index (χ4v) is 1.29. The lowest BCUT2D eigenvalue weighted by atomic mass is 10.5. The maximum Gasteiger partial charge on any atom is 0.289 e. The van der Waals surface area contributed by atoms with Crippen LogP contribution in [0.4, 0.5) is 8.78 Å². The van der Waals surface area contributed by atoms with E-state index in [4.69, 9.17) is 0 Å². The summed E-state index contributed by atoms with van der Waals surface area (Å²) in [7, 11) is 1.73. The van der Waals surface area contributed by atoms with Crippen LogP contribution < -0.4 is 0 Å². The maximum absolute atomic E-state index is 11.8. The first-order chi connectivity index (χ1) is 5.11. The van der Waals surface area contributed by atoms with E-state index < -0.39 is 5.76 Å². The van der Waals surface area contributed by atoms with Crippen LogP contribution in [0.3, 0.4) is 0 Å². The monoisotopic (exact) mass is 178 g/mol.